The molecule has 0 bridgehead atoms. The predicted octanol–water partition coefficient (Wildman–Crippen LogP) is 6.16. The minimum absolute atomic E-state index is 0.329. The minimum atomic E-state index is -0.573. The van der Waals surface area contributed by atoms with Gasteiger partial charge in [-0.15, -0.1) is 0 Å². The Morgan fingerprint density at radius 1 is 1.17 bits per heavy atom. The lowest BCUT2D eigenvalue weighted by atomic mass is 9.80. The molecule has 0 atom stereocenters. The molecule has 1 aliphatic carbocycles. The predicted molar refractivity (Wildman–Crippen MR) is 132 cm³/mol. The first-order chi connectivity index (χ1) is 16.7. The third-order valence-corrected chi connectivity index (χ3v) is 7.02. The van der Waals surface area contributed by atoms with Gasteiger partial charge in [0, 0.05) is 35.2 Å². The molecule has 2 aliphatic rings. The fourth-order valence-electron chi connectivity index (χ4n) is 5.09. The van der Waals surface area contributed by atoms with Crippen LogP contribution in [0.3, 0.4) is 0 Å². The molecule has 8 nitrogen and oxygen atoms in total. The van der Waals surface area contributed by atoms with Gasteiger partial charge in [0.25, 0.3) is 0 Å². The average Bonchev–Trinajstić information content (AvgIpc) is 3.42. The van der Waals surface area contributed by atoms with E-state index in [4.69, 9.17) is 25.8 Å². The third kappa shape index (κ3) is 4.94. The van der Waals surface area contributed by atoms with Crippen LogP contribution in [0.15, 0.2) is 28.9 Å². The number of aryl methyl sites for hydroxylation is 1. The van der Waals surface area contributed by atoms with E-state index in [1.807, 2.05) is 52.1 Å². The van der Waals surface area contributed by atoms with E-state index < -0.39 is 5.60 Å². The summed E-state index contributed by atoms with van der Waals surface area (Å²) in [5, 5.41) is 4.85. The van der Waals surface area contributed by atoms with Crippen LogP contribution in [0, 0.1) is 0 Å². The van der Waals surface area contributed by atoms with Crippen molar-refractivity contribution in [1.29, 1.82) is 0 Å². The highest BCUT2D eigenvalue weighted by Crippen LogP contribution is 2.41. The smallest absolute Gasteiger partial charge is 0.411 e. The van der Waals surface area contributed by atoms with E-state index in [1.165, 1.54) is 5.69 Å². The molecule has 35 heavy (non-hydrogen) atoms. The third-order valence-electron chi connectivity index (χ3n) is 6.79. The van der Waals surface area contributed by atoms with Crippen LogP contribution in [-0.4, -0.2) is 36.3 Å². The zero-order valence-corrected chi connectivity index (χ0v) is 21.5. The van der Waals surface area contributed by atoms with Crippen LogP contribution in [0.1, 0.15) is 94.0 Å². The van der Waals surface area contributed by atoms with Gasteiger partial charge in [-0.2, -0.15) is 4.98 Å². The first-order valence-corrected chi connectivity index (χ1v) is 12.8. The Morgan fingerprint density at radius 2 is 1.91 bits per heavy atom. The Balaban J connectivity index is 1.42. The van der Waals surface area contributed by atoms with E-state index in [-0.39, 0.29) is 6.09 Å². The summed E-state index contributed by atoms with van der Waals surface area (Å²) in [5.41, 5.74) is 2.61. The van der Waals surface area contributed by atoms with E-state index in [9.17, 15) is 4.79 Å². The quantitative estimate of drug-likeness (QED) is 0.430. The monoisotopic (exact) mass is 497 g/mol. The first-order valence-electron chi connectivity index (χ1n) is 12.4. The molecule has 0 unspecified atom stereocenters. The number of ether oxygens (including phenoxy) is 1. The number of imidazole rings is 1. The Hall–Kier alpha value is -2.87. The van der Waals surface area contributed by atoms with Crippen molar-refractivity contribution in [3.63, 3.8) is 0 Å². The number of rotatable bonds is 3. The number of fused-ring (bicyclic) bond motifs is 3. The van der Waals surface area contributed by atoms with Gasteiger partial charge >= 0.3 is 6.09 Å². The Labute approximate surface area is 210 Å². The number of carbonyl (C=O) groups excluding carboxylic acids is 1. The second kappa shape index (κ2) is 9.30. The van der Waals surface area contributed by atoms with Crippen molar-refractivity contribution in [3.05, 3.63) is 58.2 Å². The van der Waals surface area contributed by atoms with Crippen molar-refractivity contribution in [2.75, 3.05) is 0 Å². The van der Waals surface area contributed by atoms with Crippen molar-refractivity contribution in [1.82, 2.24) is 24.6 Å². The molecule has 186 valence electrons. The summed E-state index contributed by atoms with van der Waals surface area (Å²) in [6, 6.07) is 5.86. The maximum Gasteiger partial charge on any atom is 0.411 e. The van der Waals surface area contributed by atoms with Crippen LogP contribution in [0.2, 0.25) is 5.02 Å². The van der Waals surface area contributed by atoms with Crippen LogP contribution in [0.25, 0.3) is 5.69 Å². The van der Waals surface area contributed by atoms with Crippen LogP contribution >= 0.6 is 11.6 Å². The number of carbonyl (C=O) groups is 1. The van der Waals surface area contributed by atoms with Gasteiger partial charge < -0.3 is 9.26 Å². The lowest BCUT2D eigenvalue weighted by Crippen LogP contribution is -2.35. The zero-order chi connectivity index (χ0) is 24.7. The van der Waals surface area contributed by atoms with Crippen molar-refractivity contribution >= 4 is 17.7 Å². The van der Waals surface area contributed by atoms with Gasteiger partial charge in [-0.25, -0.2) is 9.78 Å². The largest absolute Gasteiger partial charge is 0.444 e. The molecule has 5 rings (SSSR count). The Kier molecular flexibility index (Phi) is 6.34. The summed E-state index contributed by atoms with van der Waals surface area (Å²) in [6.07, 6.45) is 6.43. The molecule has 0 radical (unpaired) electrons. The number of halogens is 1. The molecule has 0 N–H and O–H groups in total. The van der Waals surface area contributed by atoms with Gasteiger partial charge in [0.15, 0.2) is 5.82 Å². The standard InChI is InChI=1S/C26H32ClN5O3/c1-5-23-29-24(30-35-23)17-8-6-16(7-9-17)21-13-28-22-15-31(25(33)34-26(2,3)4)14-18-12-19(27)10-11-20(18)32(21)22/h10-13,16-17H,5-9,14-15H2,1-4H3. The summed E-state index contributed by atoms with van der Waals surface area (Å²) in [4.78, 5) is 24.0. The SMILES string of the molecule is CCc1nc(C2CCC(c3cnc4n3-c3ccc(Cl)cc3CN(C(=O)OC(C)(C)C)C4)CC2)no1. The molecule has 3 aromatic rings. The number of nitrogens with zero attached hydrogens (tertiary/aromatic N) is 5. The van der Waals surface area contributed by atoms with E-state index in [0.29, 0.717) is 35.8 Å². The van der Waals surface area contributed by atoms with Crippen molar-refractivity contribution < 1.29 is 14.1 Å². The molecule has 1 aliphatic heterocycles. The van der Waals surface area contributed by atoms with Crippen LogP contribution in [0.5, 0.6) is 0 Å². The van der Waals surface area contributed by atoms with Crippen LogP contribution in [-0.2, 0) is 24.2 Å². The van der Waals surface area contributed by atoms with Gasteiger partial charge in [-0.1, -0.05) is 23.7 Å². The van der Waals surface area contributed by atoms with E-state index >= 15 is 0 Å². The molecule has 1 amide bonds. The normalized spacial score (nSPS) is 20.2. The molecule has 1 saturated carbocycles. The molecule has 2 aromatic heterocycles. The molecule has 0 saturated heterocycles. The fourth-order valence-corrected chi connectivity index (χ4v) is 5.29. The molecule has 1 fully saturated rings. The van der Waals surface area contributed by atoms with E-state index in [2.05, 4.69) is 14.7 Å². The number of benzene rings is 1. The molecule has 1 aromatic carbocycles. The highest BCUT2D eigenvalue weighted by Gasteiger charge is 2.33. The summed E-state index contributed by atoms with van der Waals surface area (Å²) in [5.74, 6) is 3.06. The van der Waals surface area contributed by atoms with Crippen LogP contribution in [0.4, 0.5) is 4.79 Å². The highest BCUT2D eigenvalue weighted by atomic mass is 35.5. The number of hydrogen-bond acceptors (Lipinski definition) is 6. The van der Waals surface area contributed by atoms with Crippen molar-refractivity contribution in [2.45, 2.75) is 90.3 Å². The number of hydrogen-bond donors (Lipinski definition) is 0. The maximum absolute atomic E-state index is 13.0. The summed E-state index contributed by atoms with van der Waals surface area (Å²) < 4.78 is 13.2. The second-order valence-corrected chi connectivity index (χ2v) is 10.9. The zero-order valence-electron chi connectivity index (χ0n) is 20.8. The summed E-state index contributed by atoms with van der Waals surface area (Å²) in [7, 11) is 0. The van der Waals surface area contributed by atoms with Gasteiger partial charge in [-0.05, 0) is 70.2 Å². The highest BCUT2D eigenvalue weighted by molar-refractivity contribution is 6.30. The van der Waals surface area contributed by atoms with Crippen LogP contribution < -0.4 is 0 Å². The molecule has 3 heterocycles. The van der Waals surface area contributed by atoms with Gasteiger partial charge in [0.2, 0.25) is 5.89 Å². The topological polar surface area (TPSA) is 86.3 Å². The van der Waals surface area contributed by atoms with Gasteiger partial charge in [0.05, 0.1) is 18.8 Å². The molecule has 9 heteroatoms. The van der Waals surface area contributed by atoms with Crippen molar-refractivity contribution in [2.24, 2.45) is 0 Å². The van der Waals surface area contributed by atoms with E-state index in [0.717, 1.165) is 55.0 Å². The Bertz CT molecular complexity index is 1220. The number of aromatic nitrogens is 4. The molecule has 0 spiro atoms. The van der Waals surface area contributed by atoms with Crippen molar-refractivity contribution in [3.8, 4) is 5.69 Å². The second-order valence-electron chi connectivity index (χ2n) is 10.5. The molecular formula is C26H32ClN5O3. The number of amides is 1. The van der Waals surface area contributed by atoms with Gasteiger partial charge in [-0.3, -0.25) is 9.47 Å². The summed E-state index contributed by atoms with van der Waals surface area (Å²) in [6.45, 7) is 8.44. The average molecular weight is 498 g/mol. The van der Waals surface area contributed by atoms with E-state index in [1.54, 1.807) is 4.90 Å². The van der Waals surface area contributed by atoms with Gasteiger partial charge in [0.1, 0.15) is 11.4 Å². The summed E-state index contributed by atoms with van der Waals surface area (Å²) >= 11 is 6.36. The first kappa shape index (κ1) is 23.9. The lowest BCUT2D eigenvalue weighted by Gasteiger charge is -2.27. The molecular weight excluding hydrogens is 466 g/mol. The fraction of sp³-hybridized carbons (Fsp3) is 0.538. The maximum atomic E-state index is 13.0. The Morgan fingerprint density at radius 3 is 2.60 bits per heavy atom. The minimum Gasteiger partial charge on any atom is -0.444 e. The lowest BCUT2D eigenvalue weighted by molar-refractivity contribution is 0.0214.